The van der Waals surface area contributed by atoms with Crippen molar-refractivity contribution in [3.05, 3.63) is 58.9 Å². The fraction of sp³-hybridized carbons (Fsp3) is 0.538. The van der Waals surface area contributed by atoms with Crippen molar-refractivity contribution in [1.82, 2.24) is 14.8 Å². The molecule has 0 spiro atoms. The molecule has 2 aliphatic rings. The van der Waals surface area contributed by atoms with Crippen molar-refractivity contribution in [2.45, 2.75) is 38.5 Å². The maximum Gasteiger partial charge on any atom is 0.223 e. The van der Waals surface area contributed by atoms with Crippen LogP contribution in [-0.4, -0.2) is 73.7 Å². The van der Waals surface area contributed by atoms with Gasteiger partial charge in [0.1, 0.15) is 5.75 Å². The monoisotopic (exact) mass is 437 g/mol. The summed E-state index contributed by atoms with van der Waals surface area (Å²) >= 11 is 0. The van der Waals surface area contributed by atoms with E-state index >= 15 is 0 Å². The van der Waals surface area contributed by atoms with Gasteiger partial charge in [-0.3, -0.25) is 14.7 Å². The number of rotatable bonds is 7. The largest absolute Gasteiger partial charge is 0.496 e. The van der Waals surface area contributed by atoms with Crippen molar-refractivity contribution < 1.29 is 14.3 Å². The second-order valence-corrected chi connectivity index (χ2v) is 8.91. The summed E-state index contributed by atoms with van der Waals surface area (Å²) in [6.45, 7) is 7.92. The molecule has 1 aromatic carbocycles. The third-order valence-electron chi connectivity index (χ3n) is 6.56. The molecule has 0 saturated carbocycles. The summed E-state index contributed by atoms with van der Waals surface area (Å²) in [5.41, 5.74) is 4.56. The van der Waals surface area contributed by atoms with Crippen molar-refractivity contribution >= 4 is 5.91 Å². The average molecular weight is 438 g/mol. The fourth-order valence-electron chi connectivity index (χ4n) is 4.83. The highest BCUT2D eigenvalue weighted by molar-refractivity contribution is 5.76. The van der Waals surface area contributed by atoms with E-state index in [2.05, 4.69) is 34.9 Å². The van der Waals surface area contributed by atoms with E-state index in [-0.39, 0.29) is 5.91 Å². The Morgan fingerprint density at radius 2 is 2.00 bits per heavy atom. The molecule has 0 N–H and O–H groups in total. The highest BCUT2D eigenvalue weighted by atomic mass is 16.5. The standard InChI is InChI=1S/C26H35N3O3/c1-20-16-21(17-22-6-3-4-8-25(22)31-2)18-24(27-20)23-7-5-10-29(19-23)26(30)9-11-28-12-14-32-15-13-28/h3-4,6,8,16,18,23H,5,7,9-15,17,19H2,1-2H3/t23-/m0/s1. The van der Waals surface area contributed by atoms with Crippen molar-refractivity contribution in [3.8, 4) is 5.75 Å². The Bertz CT molecular complexity index is 911. The summed E-state index contributed by atoms with van der Waals surface area (Å²) in [7, 11) is 1.72. The minimum atomic E-state index is 0.267. The van der Waals surface area contributed by atoms with Crippen LogP contribution in [-0.2, 0) is 16.0 Å². The third-order valence-corrected chi connectivity index (χ3v) is 6.56. The summed E-state index contributed by atoms with van der Waals surface area (Å²) in [6.07, 6.45) is 3.52. The molecular weight excluding hydrogens is 402 g/mol. The number of ether oxygens (including phenoxy) is 2. The van der Waals surface area contributed by atoms with Crippen molar-refractivity contribution in [1.29, 1.82) is 0 Å². The molecule has 2 aliphatic heterocycles. The first-order valence-electron chi connectivity index (χ1n) is 11.8. The summed E-state index contributed by atoms with van der Waals surface area (Å²) in [5, 5.41) is 0. The summed E-state index contributed by atoms with van der Waals surface area (Å²) in [4.78, 5) is 22.1. The number of pyridine rings is 1. The Morgan fingerprint density at radius 3 is 2.81 bits per heavy atom. The van der Waals surface area contributed by atoms with Gasteiger partial charge < -0.3 is 14.4 Å². The minimum absolute atomic E-state index is 0.267. The molecule has 32 heavy (non-hydrogen) atoms. The van der Waals surface area contributed by atoms with Gasteiger partial charge in [-0.1, -0.05) is 18.2 Å². The molecule has 6 heteroatoms. The number of hydrogen-bond acceptors (Lipinski definition) is 5. The Kier molecular flexibility index (Phi) is 7.76. The number of methoxy groups -OCH3 is 1. The smallest absolute Gasteiger partial charge is 0.223 e. The first-order chi connectivity index (χ1) is 15.6. The first-order valence-corrected chi connectivity index (χ1v) is 11.8. The fourth-order valence-corrected chi connectivity index (χ4v) is 4.83. The number of hydrogen-bond donors (Lipinski definition) is 0. The van der Waals surface area contributed by atoms with E-state index in [1.807, 2.05) is 18.2 Å². The van der Waals surface area contributed by atoms with Crippen molar-refractivity contribution in [2.24, 2.45) is 0 Å². The van der Waals surface area contributed by atoms with Crippen molar-refractivity contribution in [3.63, 3.8) is 0 Å². The third kappa shape index (κ3) is 5.87. The van der Waals surface area contributed by atoms with Crippen molar-refractivity contribution in [2.75, 3.05) is 53.0 Å². The second kappa shape index (κ2) is 10.9. The van der Waals surface area contributed by atoms with Gasteiger partial charge in [-0.05, 0) is 49.1 Å². The van der Waals surface area contributed by atoms with Gasteiger partial charge in [0.2, 0.25) is 5.91 Å². The lowest BCUT2D eigenvalue weighted by Crippen LogP contribution is -2.42. The van der Waals surface area contributed by atoms with E-state index in [9.17, 15) is 4.79 Å². The number of amides is 1. The highest BCUT2D eigenvalue weighted by Gasteiger charge is 2.26. The number of aromatic nitrogens is 1. The number of carbonyl (C=O) groups is 1. The molecule has 0 bridgehead atoms. The Hall–Kier alpha value is -2.44. The SMILES string of the molecule is COc1ccccc1Cc1cc(C)nc([C@H]2CCCN(C(=O)CCN3CCOCC3)C2)c1. The summed E-state index contributed by atoms with van der Waals surface area (Å²) < 4.78 is 10.9. The summed E-state index contributed by atoms with van der Waals surface area (Å²) in [5.74, 6) is 1.48. The molecule has 0 unspecified atom stereocenters. The maximum absolute atomic E-state index is 12.9. The molecule has 2 saturated heterocycles. The Morgan fingerprint density at radius 1 is 1.19 bits per heavy atom. The van der Waals surface area contributed by atoms with E-state index in [4.69, 9.17) is 14.5 Å². The topological polar surface area (TPSA) is 54.9 Å². The number of morpholine rings is 1. The molecule has 0 radical (unpaired) electrons. The molecular formula is C26H35N3O3. The number of nitrogens with zero attached hydrogens (tertiary/aromatic N) is 3. The van der Waals surface area contributed by atoms with E-state index in [1.165, 1.54) is 11.1 Å². The molecule has 4 rings (SSSR count). The second-order valence-electron chi connectivity index (χ2n) is 8.91. The van der Waals surface area contributed by atoms with Crippen LogP contribution in [0.15, 0.2) is 36.4 Å². The number of piperidine rings is 1. The van der Waals surface area contributed by atoms with Crippen LogP contribution in [0.25, 0.3) is 0 Å². The average Bonchev–Trinajstić information content (AvgIpc) is 2.83. The maximum atomic E-state index is 12.9. The molecule has 1 amide bonds. The molecule has 172 valence electrons. The van der Waals surface area contributed by atoms with Gasteiger partial charge in [0.05, 0.1) is 20.3 Å². The van der Waals surface area contributed by atoms with Gasteiger partial charge in [0, 0.05) is 62.9 Å². The van der Waals surface area contributed by atoms with E-state index in [1.54, 1.807) is 7.11 Å². The molecule has 1 aromatic heterocycles. The zero-order chi connectivity index (χ0) is 22.3. The normalized spacial score (nSPS) is 19.7. The van der Waals surface area contributed by atoms with E-state index in [0.29, 0.717) is 12.3 Å². The van der Waals surface area contributed by atoms with Crippen LogP contribution in [0.5, 0.6) is 5.75 Å². The van der Waals surface area contributed by atoms with Crippen LogP contribution >= 0.6 is 0 Å². The number of carbonyl (C=O) groups excluding carboxylic acids is 1. The molecule has 2 aromatic rings. The molecule has 2 fully saturated rings. The van der Waals surface area contributed by atoms with Gasteiger partial charge >= 0.3 is 0 Å². The number of aryl methyl sites for hydroxylation is 1. The van der Waals surface area contributed by atoms with Gasteiger partial charge in [-0.15, -0.1) is 0 Å². The zero-order valence-corrected chi connectivity index (χ0v) is 19.4. The predicted octanol–water partition coefficient (Wildman–Crippen LogP) is 3.42. The zero-order valence-electron chi connectivity index (χ0n) is 19.4. The number of benzene rings is 1. The Labute approximate surface area is 191 Å². The van der Waals surface area contributed by atoms with Gasteiger partial charge in [0.15, 0.2) is 0 Å². The van der Waals surface area contributed by atoms with Gasteiger partial charge in [-0.25, -0.2) is 0 Å². The lowest BCUT2D eigenvalue weighted by Gasteiger charge is -2.34. The van der Waals surface area contributed by atoms with Crippen LogP contribution < -0.4 is 4.74 Å². The van der Waals surface area contributed by atoms with Gasteiger partial charge in [-0.2, -0.15) is 0 Å². The quantitative estimate of drug-likeness (QED) is 0.664. The predicted molar refractivity (Wildman–Crippen MR) is 125 cm³/mol. The van der Waals surface area contributed by atoms with Crippen LogP contribution in [0.2, 0.25) is 0 Å². The molecule has 1 atom stereocenters. The summed E-state index contributed by atoms with van der Waals surface area (Å²) in [6, 6.07) is 12.6. The first kappa shape index (κ1) is 22.7. The van der Waals surface area contributed by atoms with Crippen LogP contribution in [0, 0.1) is 6.92 Å². The van der Waals surface area contributed by atoms with Crippen LogP contribution in [0.4, 0.5) is 0 Å². The van der Waals surface area contributed by atoms with Crippen LogP contribution in [0.1, 0.15) is 47.7 Å². The lowest BCUT2D eigenvalue weighted by molar-refractivity contribution is -0.133. The highest BCUT2D eigenvalue weighted by Crippen LogP contribution is 2.28. The van der Waals surface area contributed by atoms with Crippen LogP contribution in [0.3, 0.4) is 0 Å². The molecule has 0 aliphatic carbocycles. The molecule has 6 nitrogen and oxygen atoms in total. The minimum Gasteiger partial charge on any atom is -0.496 e. The lowest BCUT2D eigenvalue weighted by atomic mass is 9.92. The number of para-hydroxylation sites is 1. The van der Waals surface area contributed by atoms with E-state index < -0.39 is 0 Å². The Balaban J connectivity index is 1.40. The van der Waals surface area contributed by atoms with Gasteiger partial charge in [0.25, 0.3) is 0 Å². The number of likely N-dealkylation sites (tertiary alicyclic amines) is 1. The molecule has 3 heterocycles. The van der Waals surface area contributed by atoms with E-state index in [0.717, 1.165) is 82.3 Å².